The van der Waals surface area contributed by atoms with Crippen LogP contribution in [0.15, 0.2) is 45.5 Å². The van der Waals surface area contributed by atoms with Gasteiger partial charge in [-0.15, -0.1) is 0 Å². The second-order valence-electron chi connectivity index (χ2n) is 4.47. The van der Waals surface area contributed by atoms with E-state index in [9.17, 15) is 9.90 Å². The molecule has 5 heteroatoms. The molecule has 20 heavy (non-hydrogen) atoms. The van der Waals surface area contributed by atoms with Crippen molar-refractivity contribution in [2.24, 2.45) is 0 Å². The zero-order valence-corrected chi connectivity index (χ0v) is 12.9. The van der Waals surface area contributed by atoms with Gasteiger partial charge in [0.25, 0.3) is 5.91 Å². The smallest absolute Gasteiger partial charge is 0.290 e. The largest absolute Gasteiger partial charge is 0.508 e. The second-order valence-corrected chi connectivity index (χ2v) is 5.25. The van der Waals surface area contributed by atoms with Crippen LogP contribution in [0.4, 0.5) is 0 Å². The van der Waals surface area contributed by atoms with E-state index in [1.807, 2.05) is 19.9 Å². The highest BCUT2D eigenvalue weighted by Crippen LogP contribution is 2.25. The van der Waals surface area contributed by atoms with Crippen LogP contribution in [-0.4, -0.2) is 22.5 Å². The van der Waals surface area contributed by atoms with Crippen molar-refractivity contribution in [1.29, 1.82) is 0 Å². The maximum Gasteiger partial charge on any atom is 0.290 e. The Morgan fingerprint density at radius 1 is 1.40 bits per heavy atom. The third-order valence-electron chi connectivity index (χ3n) is 3.21. The zero-order valence-electron chi connectivity index (χ0n) is 11.3. The SMILES string of the molecule is CCN(C(=O)c1ccc(Br)o1)C(C)c1cccc(O)c1. The minimum atomic E-state index is -0.172. The van der Waals surface area contributed by atoms with Gasteiger partial charge in [0, 0.05) is 6.54 Å². The van der Waals surface area contributed by atoms with E-state index in [4.69, 9.17) is 4.42 Å². The summed E-state index contributed by atoms with van der Waals surface area (Å²) in [7, 11) is 0. The third kappa shape index (κ3) is 3.04. The van der Waals surface area contributed by atoms with Gasteiger partial charge in [-0.05, 0) is 59.6 Å². The van der Waals surface area contributed by atoms with E-state index in [1.165, 1.54) is 0 Å². The van der Waals surface area contributed by atoms with Crippen LogP contribution in [0.3, 0.4) is 0 Å². The Morgan fingerprint density at radius 2 is 2.15 bits per heavy atom. The predicted octanol–water partition coefficient (Wildman–Crippen LogP) is 3.97. The molecule has 0 aliphatic rings. The lowest BCUT2D eigenvalue weighted by Gasteiger charge is -2.27. The van der Waals surface area contributed by atoms with Crippen molar-refractivity contribution >= 4 is 21.8 Å². The predicted molar refractivity (Wildman–Crippen MR) is 79.6 cm³/mol. The van der Waals surface area contributed by atoms with E-state index < -0.39 is 0 Å². The van der Waals surface area contributed by atoms with Crippen LogP contribution in [0.1, 0.15) is 36.0 Å². The first-order chi connectivity index (χ1) is 9.52. The van der Waals surface area contributed by atoms with Gasteiger partial charge in [-0.1, -0.05) is 12.1 Å². The minimum absolute atomic E-state index is 0.150. The fourth-order valence-electron chi connectivity index (χ4n) is 2.13. The number of hydrogen-bond donors (Lipinski definition) is 1. The fourth-order valence-corrected chi connectivity index (χ4v) is 2.44. The van der Waals surface area contributed by atoms with E-state index in [0.29, 0.717) is 17.0 Å². The van der Waals surface area contributed by atoms with Crippen LogP contribution in [0.2, 0.25) is 0 Å². The summed E-state index contributed by atoms with van der Waals surface area (Å²) in [4.78, 5) is 14.1. The molecule has 2 aromatic rings. The average molecular weight is 338 g/mol. The molecule has 0 spiro atoms. The molecule has 1 unspecified atom stereocenters. The number of hydrogen-bond acceptors (Lipinski definition) is 3. The van der Waals surface area contributed by atoms with Crippen molar-refractivity contribution in [3.8, 4) is 5.75 Å². The topological polar surface area (TPSA) is 53.7 Å². The van der Waals surface area contributed by atoms with Gasteiger partial charge in [0.1, 0.15) is 5.75 Å². The Labute approximate surface area is 126 Å². The van der Waals surface area contributed by atoms with Gasteiger partial charge < -0.3 is 14.4 Å². The van der Waals surface area contributed by atoms with E-state index in [0.717, 1.165) is 5.56 Å². The van der Waals surface area contributed by atoms with Crippen molar-refractivity contribution in [3.63, 3.8) is 0 Å². The summed E-state index contributed by atoms with van der Waals surface area (Å²) in [5.41, 5.74) is 0.880. The molecular formula is C15H16BrNO3. The highest BCUT2D eigenvalue weighted by molar-refractivity contribution is 9.10. The number of carbonyl (C=O) groups is 1. The van der Waals surface area contributed by atoms with Gasteiger partial charge in [0.2, 0.25) is 0 Å². The zero-order chi connectivity index (χ0) is 14.7. The number of furan rings is 1. The highest BCUT2D eigenvalue weighted by atomic mass is 79.9. The number of nitrogens with zero attached hydrogens (tertiary/aromatic N) is 1. The molecule has 4 nitrogen and oxygen atoms in total. The molecule has 0 bridgehead atoms. The molecule has 0 saturated heterocycles. The van der Waals surface area contributed by atoms with Crippen molar-refractivity contribution in [2.75, 3.05) is 6.54 Å². The van der Waals surface area contributed by atoms with Crippen LogP contribution in [0.25, 0.3) is 0 Å². The third-order valence-corrected chi connectivity index (χ3v) is 3.63. The van der Waals surface area contributed by atoms with Gasteiger partial charge in [0.15, 0.2) is 10.4 Å². The number of benzene rings is 1. The number of rotatable bonds is 4. The first-order valence-corrected chi connectivity index (χ1v) is 7.17. The molecule has 1 N–H and O–H groups in total. The summed E-state index contributed by atoms with van der Waals surface area (Å²) in [6.07, 6.45) is 0. The quantitative estimate of drug-likeness (QED) is 0.918. The summed E-state index contributed by atoms with van der Waals surface area (Å²) in [5, 5.41) is 9.55. The van der Waals surface area contributed by atoms with Gasteiger partial charge in [0.05, 0.1) is 6.04 Å². The average Bonchev–Trinajstić information content (AvgIpc) is 2.86. The number of halogens is 1. The molecule has 1 aromatic carbocycles. The molecular weight excluding hydrogens is 322 g/mol. The molecule has 106 valence electrons. The van der Waals surface area contributed by atoms with E-state index >= 15 is 0 Å². The number of aromatic hydroxyl groups is 1. The van der Waals surface area contributed by atoms with Crippen LogP contribution in [-0.2, 0) is 0 Å². The normalized spacial score (nSPS) is 12.2. The fraction of sp³-hybridized carbons (Fsp3) is 0.267. The first-order valence-electron chi connectivity index (χ1n) is 6.38. The van der Waals surface area contributed by atoms with Crippen molar-refractivity contribution in [2.45, 2.75) is 19.9 Å². The molecule has 1 atom stereocenters. The molecule has 2 rings (SSSR count). The standard InChI is InChI=1S/C15H16BrNO3/c1-3-17(15(19)13-7-8-14(16)20-13)10(2)11-5-4-6-12(18)9-11/h4-10,18H,3H2,1-2H3. The second kappa shape index (κ2) is 6.13. The molecule has 0 aliphatic carbocycles. The van der Waals surface area contributed by atoms with Crippen molar-refractivity contribution in [1.82, 2.24) is 4.90 Å². The summed E-state index contributed by atoms with van der Waals surface area (Å²) < 4.78 is 5.84. The van der Waals surface area contributed by atoms with Gasteiger partial charge >= 0.3 is 0 Å². The lowest BCUT2D eigenvalue weighted by Crippen LogP contribution is -2.33. The van der Waals surface area contributed by atoms with E-state index in [2.05, 4.69) is 15.9 Å². The molecule has 1 amide bonds. The molecule has 1 aromatic heterocycles. The molecule has 1 heterocycles. The van der Waals surface area contributed by atoms with Crippen molar-refractivity contribution < 1.29 is 14.3 Å². The van der Waals surface area contributed by atoms with Crippen molar-refractivity contribution in [3.05, 3.63) is 52.4 Å². The summed E-state index contributed by atoms with van der Waals surface area (Å²) in [6, 6.07) is 10.1. The summed E-state index contributed by atoms with van der Waals surface area (Å²) >= 11 is 3.19. The number of phenols is 1. The van der Waals surface area contributed by atoms with Crippen LogP contribution in [0.5, 0.6) is 5.75 Å². The van der Waals surface area contributed by atoms with Gasteiger partial charge in [-0.3, -0.25) is 4.79 Å². The first kappa shape index (κ1) is 14.7. The Balaban J connectivity index is 2.25. The Kier molecular flexibility index (Phi) is 4.49. The monoisotopic (exact) mass is 337 g/mol. The highest BCUT2D eigenvalue weighted by Gasteiger charge is 2.23. The number of carbonyl (C=O) groups excluding carboxylic acids is 1. The lowest BCUT2D eigenvalue weighted by molar-refractivity contribution is 0.0668. The van der Waals surface area contributed by atoms with Gasteiger partial charge in [-0.25, -0.2) is 0 Å². The Morgan fingerprint density at radius 3 is 2.70 bits per heavy atom. The maximum atomic E-state index is 12.4. The van der Waals surface area contributed by atoms with Crippen LogP contribution in [0, 0.1) is 0 Å². The lowest BCUT2D eigenvalue weighted by atomic mass is 10.1. The molecule has 0 saturated carbocycles. The molecule has 0 aliphatic heterocycles. The number of phenolic OH excluding ortho intramolecular Hbond substituents is 1. The minimum Gasteiger partial charge on any atom is -0.508 e. The van der Waals surface area contributed by atoms with Crippen LogP contribution >= 0.6 is 15.9 Å². The van der Waals surface area contributed by atoms with E-state index in [1.54, 1.807) is 35.2 Å². The Bertz CT molecular complexity index is 609. The Hall–Kier alpha value is -1.75. The van der Waals surface area contributed by atoms with Crippen LogP contribution < -0.4 is 0 Å². The number of amides is 1. The summed E-state index contributed by atoms with van der Waals surface area (Å²) in [6.45, 7) is 4.39. The maximum absolute atomic E-state index is 12.4. The molecule has 0 radical (unpaired) electrons. The summed E-state index contributed by atoms with van der Waals surface area (Å²) in [5.74, 6) is 0.318. The van der Waals surface area contributed by atoms with E-state index in [-0.39, 0.29) is 17.7 Å². The van der Waals surface area contributed by atoms with Gasteiger partial charge in [-0.2, -0.15) is 0 Å². The molecule has 0 fully saturated rings.